The van der Waals surface area contributed by atoms with Crippen LogP contribution in [-0.2, 0) is 4.79 Å². The molecule has 1 aromatic rings. The van der Waals surface area contributed by atoms with Gasteiger partial charge in [0, 0.05) is 6.54 Å². The number of rotatable bonds is 6. The molecule has 1 amide bonds. The van der Waals surface area contributed by atoms with Gasteiger partial charge in [0.1, 0.15) is 5.75 Å². The predicted octanol–water partition coefficient (Wildman–Crippen LogP) is 2.28. The Labute approximate surface area is 116 Å². The standard InChI is InChI=1S/C13H16ClNO4/c1-2-3-8(13(18)19)7-15-12(17)10-6-9(16)4-5-11(10)14/h4-6,8,16H,2-3,7H2,1H3,(H,15,17)(H,18,19). The topological polar surface area (TPSA) is 86.6 Å². The molecular weight excluding hydrogens is 270 g/mol. The van der Waals surface area contributed by atoms with Crippen molar-refractivity contribution in [3.05, 3.63) is 28.8 Å². The van der Waals surface area contributed by atoms with E-state index in [2.05, 4.69) is 5.32 Å². The fourth-order valence-corrected chi connectivity index (χ4v) is 1.86. The van der Waals surface area contributed by atoms with Gasteiger partial charge in [-0.3, -0.25) is 9.59 Å². The van der Waals surface area contributed by atoms with Crippen molar-refractivity contribution in [1.29, 1.82) is 0 Å². The number of carboxylic acid groups (broad SMARTS) is 1. The fraction of sp³-hybridized carbons (Fsp3) is 0.385. The Balaban J connectivity index is 2.69. The number of carbonyl (C=O) groups excluding carboxylic acids is 1. The molecule has 0 bridgehead atoms. The molecule has 0 aliphatic heterocycles. The van der Waals surface area contributed by atoms with Crippen molar-refractivity contribution in [2.45, 2.75) is 19.8 Å². The molecule has 0 heterocycles. The number of aromatic hydroxyl groups is 1. The summed E-state index contributed by atoms with van der Waals surface area (Å²) < 4.78 is 0. The van der Waals surface area contributed by atoms with Gasteiger partial charge in [0.05, 0.1) is 16.5 Å². The lowest BCUT2D eigenvalue weighted by atomic mass is 10.0. The maximum Gasteiger partial charge on any atom is 0.308 e. The average Bonchev–Trinajstić information content (AvgIpc) is 2.36. The van der Waals surface area contributed by atoms with Crippen molar-refractivity contribution in [3.63, 3.8) is 0 Å². The number of nitrogens with one attached hydrogen (secondary N) is 1. The SMILES string of the molecule is CCCC(CNC(=O)c1cc(O)ccc1Cl)C(=O)O. The summed E-state index contributed by atoms with van der Waals surface area (Å²) in [5.41, 5.74) is 0.127. The number of amides is 1. The van der Waals surface area contributed by atoms with Crippen molar-refractivity contribution in [2.75, 3.05) is 6.54 Å². The van der Waals surface area contributed by atoms with E-state index in [0.29, 0.717) is 6.42 Å². The van der Waals surface area contributed by atoms with Crippen molar-refractivity contribution >= 4 is 23.5 Å². The van der Waals surface area contributed by atoms with Crippen LogP contribution in [0.1, 0.15) is 30.1 Å². The molecule has 19 heavy (non-hydrogen) atoms. The van der Waals surface area contributed by atoms with E-state index in [0.717, 1.165) is 6.42 Å². The molecular formula is C13H16ClNO4. The number of phenolic OH excluding ortho intramolecular Hbond substituents is 1. The summed E-state index contributed by atoms with van der Waals surface area (Å²) in [6, 6.07) is 4.02. The minimum absolute atomic E-state index is 0.0357. The first-order chi connectivity index (χ1) is 8.95. The van der Waals surface area contributed by atoms with Crippen LogP contribution in [0.25, 0.3) is 0 Å². The maximum atomic E-state index is 11.8. The summed E-state index contributed by atoms with van der Waals surface area (Å²) in [6.45, 7) is 1.91. The summed E-state index contributed by atoms with van der Waals surface area (Å²) in [7, 11) is 0. The highest BCUT2D eigenvalue weighted by atomic mass is 35.5. The lowest BCUT2D eigenvalue weighted by Crippen LogP contribution is -2.33. The molecule has 0 aliphatic rings. The second-order valence-corrected chi connectivity index (χ2v) is 4.61. The molecule has 1 aromatic carbocycles. The third kappa shape index (κ3) is 4.44. The highest BCUT2D eigenvalue weighted by Gasteiger charge is 2.18. The maximum absolute atomic E-state index is 11.8. The molecule has 1 unspecified atom stereocenters. The Morgan fingerprint density at radius 1 is 1.42 bits per heavy atom. The summed E-state index contributed by atoms with van der Waals surface area (Å²) >= 11 is 5.84. The van der Waals surface area contributed by atoms with Crippen molar-refractivity contribution < 1.29 is 19.8 Å². The van der Waals surface area contributed by atoms with Gasteiger partial charge in [0.25, 0.3) is 5.91 Å². The van der Waals surface area contributed by atoms with Crippen molar-refractivity contribution in [3.8, 4) is 5.75 Å². The lowest BCUT2D eigenvalue weighted by Gasteiger charge is -2.13. The van der Waals surface area contributed by atoms with E-state index in [-0.39, 0.29) is 22.9 Å². The summed E-state index contributed by atoms with van der Waals surface area (Å²) in [4.78, 5) is 22.8. The highest BCUT2D eigenvalue weighted by Crippen LogP contribution is 2.21. The van der Waals surface area contributed by atoms with Gasteiger partial charge in [0.15, 0.2) is 0 Å². The number of benzene rings is 1. The predicted molar refractivity (Wildman–Crippen MR) is 71.5 cm³/mol. The Hall–Kier alpha value is -1.75. The molecule has 0 saturated carbocycles. The first-order valence-electron chi connectivity index (χ1n) is 5.95. The zero-order valence-corrected chi connectivity index (χ0v) is 11.3. The monoisotopic (exact) mass is 285 g/mol. The minimum atomic E-state index is -0.941. The number of aliphatic carboxylic acids is 1. The van der Waals surface area contributed by atoms with Gasteiger partial charge in [-0.05, 0) is 24.6 Å². The Bertz CT molecular complexity index is 476. The third-order valence-corrected chi connectivity index (χ3v) is 3.02. The van der Waals surface area contributed by atoms with E-state index < -0.39 is 17.8 Å². The van der Waals surface area contributed by atoms with Crippen LogP contribution < -0.4 is 5.32 Å². The zero-order valence-electron chi connectivity index (χ0n) is 10.5. The highest BCUT2D eigenvalue weighted by molar-refractivity contribution is 6.33. The second kappa shape index (κ2) is 6.99. The number of carbonyl (C=O) groups is 2. The number of carboxylic acids is 1. The molecule has 6 heteroatoms. The van der Waals surface area contributed by atoms with Crippen molar-refractivity contribution in [2.24, 2.45) is 5.92 Å². The van der Waals surface area contributed by atoms with E-state index in [1.54, 1.807) is 0 Å². The van der Waals surface area contributed by atoms with Gasteiger partial charge in [-0.25, -0.2) is 0 Å². The summed E-state index contributed by atoms with van der Waals surface area (Å²) in [5.74, 6) is -2.13. The molecule has 0 aliphatic carbocycles. The van der Waals surface area contributed by atoms with Crippen LogP contribution in [0.4, 0.5) is 0 Å². The van der Waals surface area contributed by atoms with Crippen LogP contribution in [0.2, 0.25) is 5.02 Å². The van der Waals surface area contributed by atoms with E-state index in [4.69, 9.17) is 16.7 Å². The molecule has 1 atom stereocenters. The van der Waals surface area contributed by atoms with E-state index in [1.165, 1.54) is 18.2 Å². The molecule has 0 saturated heterocycles. The van der Waals surface area contributed by atoms with Gasteiger partial charge in [0.2, 0.25) is 0 Å². The first-order valence-corrected chi connectivity index (χ1v) is 6.33. The molecule has 0 spiro atoms. The smallest absolute Gasteiger partial charge is 0.308 e. The number of phenols is 1. The van der Waals surface area contributed by atoms with Gasteiger partial charge < -0.3 is 15.5 Å². The van der Waals surface area contributed by atoms with Gasteiger partial charge >= 0.3 is 5.97 Å². The van der Waals surface area contributed by atoms with E-state index in [9.17, 15) is 14.7 Å². The number of halogens is 1. The molecule has 3 N–H and O–H groups in total. The minimum Gasteiger partial charge on any atom is -0.508 e. The molecule has 1 rings (SSSR count). The van der Waals surface area contributed by atoms with Gasteiger partial charge in [-0.15, -0.1) is 0 Å². The van der Waals surface area contributed by atoms with Crippen LogP contribution in [0.3, 0.4) is 0 Å². The summed E-state index contributed by atoms with van der Waals surface area (Å²) in [5, 5.41) is 21.0. The normalized spacial score (nSPS) is 11.9. The van der Waals surface area contributed by atoms with Gasteiger partial charge in [-0.2, -0.15) is 0 Å². The quantitative estimate of drug-likeness (QED) is 0.748. The van der Waals surface area contributed by atoms with Crippen LogP contribution >= 0.6 is 11.6 Å². The number of hydrogen-bond donors (Lipinski definition) is 3. The molecule has 0 aromatic heterocycles. The lowest BCUT2D eigenvalue weighted by molar-refractivity contribution is -0.141. The second-order valence-electron chi connectivity index (χ2n) is 4.20. The van der Waals surface area contributed by atoms with Crippen LogP contribution in [0.5, 0.6) is 5.75 Å². The molecule has 0 fully saturated rings. The Morgan fingerprint density at radius 3 is 2.68 bits per heavy atom. The molecule has 0 radical (unpaired) electrons. The van der Waals surface area contributed by atoms with E-state index in [1.807, 2.05) is 6.92 Å². The number of hydrogen-bond acceptors (Lipinski definition) is 3. The first kappa shape index (κ1) is 15.3. The van der Waals surface area contributed by atoms with Crippen LogP contribution in [-0.4, -0.2) is 28.6 Å². The Morgan fingerprint density at radius 2 is 2.11 bits per heavy atom. The van der Waals surface area contributed by atoms with Gasteiger partial charge in [-0.1, -0.05) is 24.9 Å². The summed E-state index contributed by atoms with van der Waals surface area (Å²) in [6.07, 6.45) is 1.21. The fourth-order valence-electron chi connectivity index (χ4n) is 1.66. The Kier molecular flexibility index (Phi) is 5.63. The van der Waals surface area contributed by atoms with Crippen molar-refractivity contribution in [1.82, 2.24) is 5.32 Å². The van der Waals surface area contributed by atoms with Crippen LogP contribution in [0, 0.1) is 5.92 Å². The molecule has 5 nitrogen and oxygen atoms in total. The average molecular weight is 286 g/mol. The third-order valence-electron chi connectivity index (χ3n) is 2.69. The molecule has 104 valence electrons. The van der Waals surface area contributed by atoms with Crippen LogP contribution in [0.15, 0.2) is 18.2 Å². The zero-order chi connectivity index (χ0) is 14.4. The largest absolute Gasteiger partial charge is 0.508 e. The van der Waals surface area contributed by atoms with E-state index >= 15 is 0 Å².